The Hall–Kier alpha value is -19.7. The Balaban J connectivity index is 0.000000115. The zero-order valence-electron chi connectivity index (χ0n) is 84.7. The molecule has 6 aromatic heterocycles. The lowest BCUT2D eigenvalue weighted by Gasteiger charge is -2.14. The van der Waals surface area contributed by atoms with E-state index in [0.29, 0.717) is 27.7 Å². The van der Waals surface area contributed by atoms with Gasteiger partial charge in [-0.15, -0.1) is 0 Å². The SMILES string of the molecule is [2H]c1c([2H])c([2H])c(-n2c3ccccc3c3nc4cc(-c5cc(-c6ccccc6)cc(-c6cccc(-c7ccccc7)c6)c5)ccc4nc32)c([2H])c1[2H].c1ccc(-c2cccc(-c3cc(-c4cccc(-c5ccccc5)c4)cc(-c4ccc5nc6c(nc5c4)c4ccccc4n6-c4ccccc4)c3)c2)cc1.c1ccc(-c2cccc(-c3cc(-c4ccccc4)cc(-c4ccc5nc6c(nc5c4)c4ccccc4n6-c4ccccc4)c3)c2)cc1. The van der Waals surface area contributed by atoms with E-state index < -0.39 is 18.1 Å². The summed E-state index contributed by atoms with van der Waals surface area (Å²) in [7, 11) is 0. The lowest BCUT2D eigenvalue weighted by Crippen LogP contribution is -1.96. The summed E-state index contributed by atoms with van der Waals surface area (Å²) in [6.45, 7) is 0. The van der Waals surface area contributed by atoms with Crippen LogP contribution in [-0.2, 0) is 0 Å². The van der Waals surface area contributed by atoms with Gasteiger partial charge in [-0.3, -0.25) is 13.7 Å². The van der Waals surface area contributed by atoms with Gasteiger partial charge in [0, 0.05) is 33.2 Å². The summed E-state index contributed by atoms with van der Waals surface area (Å²) in [5.74, 6) is 0. The molecular formula is C138H91N9. The smallest absolute Gasteiger partial charge is 0.165 e. The predicted molar refractivity (Wildman–Crippen MR) is 612 cm³/mol. The van der Waals surface area contributed by atoms with E-state index in [1.54, 1.807) is 4.57 Å². The molecule has 0 amide bonds. The highest BCUT2D eigenvalue weighted by Crippen LogP contribution is 2.44. The topological polar surface area (TPSA) is 92.1 Å². The van der Waals surface area contributed by atoms with E-state index in [9.17, 15) is 0 Å². The van der Waals surface area contributed by atoms with Crippen molar-refractivity contribution in [2.75, 3.05) is 0 Å². The molecule has 688 valence electrons. The van der Waals surface area contributed by atoms with E-state index in [0.717, 1.165) is 161 Å². The Morgan fingerprint density at radius 3 is 0.585 bits per heavy atom. The summed E-state index contributed by atoms with van der Waals surface area (Å²) in [6.07, 6.45) is 0. The highest BCUT2D eigenvalue weighted by molar-refractivity contribution is 6.11. The minimum Gasteiger partial charge on any atom is -0.293 e. The van der Waals surface area contributed by atoms with Crippen LogP contribution in [-0.4, -0.2) is 43.6 Å². The number of para-hydroxylation sites is 6. The molecule has 6 heterocycles. The van der Waals surface area contributed by atoms with Crippen molar-refractivity contribution in [3.63, 3.8) is 0 Å². The van der Waals surface area contributed by atoms with Crippen LogP contribution in [0.4, 0.5) is 0 Å². The summed E-state index contributed by atoms with van der Waals surface area (Å²) in [5, 5.41) is 2.96. The van der Waals surface area contributed by atoms with Crippen molar-refractivity contribution >= 4 is 99.3 Å². The normalized spacial score (nSPS) is 11.9. The van der Waals surface area contributed by atoms with Crippen LogP contribution in [0, 0.1) is 0 Å². The van der Waals surface area contributed by atoms with Gasteiger partial charge >= 0.3 is 0 Å². The maximum absolute atomic E-state index is 8.72. The summed E-state index contributed by atoms with van der Waals surface area (Å²) >= 11 is 0. The molecular weight excluding hydrogens is 1780 g/mol. The van der Waals surface area contributed by atoms with Crippen molar-refractivity contribution in [2.45, 2.75) is 0 Å². The molecule has 0 aliphatic rings. The first-order chi connectivity index (χ1) is 74.9. The van der Waals surface area contributed by atoms with Crippen LogP contribution >= 0.6 is 0 Å². The van der Waals surface area contributed by atoms with E-state index in [1.165, 1.54) is 66.8 Å². The molecule has 0 aliphatic carbocycles. The van der Waals surface area contributed by atoms with Gasteiger partial charge in [0.2, 0.25) is 0 Å². The van der Waals surface area contributed by atoms with Gasteiger partial charge in [0.05, 0.1) is 56.5 Å². The molecule has 0 unspecified atom stereocenters. The number of nitrogens with zero attached hydrogens (tertiary/aromatic N) is 9. The predicted octanol–water partition coefficient (Wildman–Crippen LogP) is 35.9. The fourth-order valence-electron chi connectivity index (χ4n) is 20.6. The molecule has 0 spiro atoms. The Bertz CT molecular complexity index is 10000. The molecule has 0 saturated heterocycles. The van der Waals surface area contributed by atoms with E-state index in [4.69, 9.17) is 36.8 Å². The second-order valence-electron chi connectivity index (χ2n) is 36.9. The summed E-state index contributed by atoms with van der Waals surface area (Å²) in [5.41, 5.74) is 44.2. The van der Waals surface area contributed by atoms with Crippen molar-refractivity contribution in [1.29, 1.82) is 0 Å². The molecule has 0 aliphatic heterocycles. The van der Waals surface area contributed by atoms with Crippen LogP contribution in [0.1, 0.15) is 6.85 Å². The molecule has 0 N–H and O–H groups in total. The van der Waals surface area contributed by atoms with Gasteiger partial charge in [-0.2, -0.15) is 0 Å². The molecule has 0 atom stereocenters. The Labute approximate surface area is 857 Å². The fraction of sp³-hybridized carbons (Fsp3) is 0. The molecule has 0 bridgehead atoms. The van der Waals surface area contributed by atoms with Crippen LogP contribution in [0.25, 0.3) is 261 Å². The quantitative estimate of drug-likeness (QED) is 0.0957. The number of benzene rings is 22. The Morgan fingerprint density at radius 2 is 0.327 bits per heavy atom. The van der Waals surface area contributed by atoms with Crippen LogP contribution < -0.4 is 0 Å². The van der Waals surface area contributed by atoms with Crippen LogP contribution in [0.2, 0.25) is 0 Å². The molecule has 9 nitrogen and oxygen atoms in total. The number of aromatic nitrogens is 9. The van der Waals surface area contributed by atoms with Gasteiger partial charge in [0.1, 0.15) is 16.6 Å². The van der Waals surface area contributed by atoms with Crippen molar-refractivity contribution < 1.29 is 6.85 Å². The van der Waals surface area contributed by atoms with Gasteiger partial charge < -0.3 is 0 Å². The molecule has 0 fully saturated rings. The van der Waals surface area contributed by atoms with Crippen LogP contribution in [0.5, 0.6) is 0 Å². The first kappa shape index (κ1) is 82.0. The third kappa shape index (κ3) is 17.2. The van der Waals surface area contributed by atoms with Gasteiger partial charge in [0.15, 0.2) is 16.9 Å². The second-order valence-corrected chi connectivity index (χ2v) is 36.9. The standard InChI is InChI=1S/C50H33N3.2C44H29N3/c1-4-14-34(15-5-1)36-18-12-20-38(28-36)41-30-42(39-21-13-19-37(29-39)35-16-6-2-7-17-35)32-43(31-41)40-26-27-46-47(33-40)51-49-45-24-10-11-25-48(45)53(50(49)52-46)44-22-8-3-9-23-44;2*1-4-13-30(14-5-1)32-17-12-18-33(25-32)36-26-35(31-15-6-2-7-16-31)27-37(28-36)34-23-24-40-41(29-34)45-43-39-21-10-11-22-42(39)47(44(43)46-40)38-19-8-3-9-20-38/h1-33H;2*1-29H/i;3D,8D,9D,19D,20D;. The molecule has 9 heteroatoms. The maximum atomic E-state index is 8.72. The molecule has 0 radical (unpaired) electrons. The third-order valence-corrected chi connectivity index (χ3v) is 27.7. The largest absolute Gasteiger partial charge is 0.293 e. The monoisotopic (exact) mass is 1880 g/mol. The van der Waals surface area contributed by atoms with Crippen LogP contribution in [0.15, 0.2) is 552 Å². The van der Waals surface area contributed by atoms with Crippen molar-refractivity contribution in [3.8, 4) is 162 Å². The number of hydrogen-bond donors (Lipinski definition) is 0. The van der Waals surface area contributed by atoms with Crippen LogP contribution in [0.3, 0.4) is 0 Å². The first-order valence-corrected chi connectivity index (χ1v) is 49.4. The summed E-state index contributed by atoms with van der Waals surface area (Å²) in [6, 6.07) is 181. The lowest BCUT2D eigenvalue weighted by molar-refractivity contribution is 1.14. The van der Waals surface area contributed by atoms with E-state index >= 15 is 0 Å². The van der Waals surface area contributed by atoms with E-state index in [-0.39, 0.29) is 17.8 Å². The molecule has 0 saturated carbocycles. The fourth-order valence-corrected chi connectivity index (χ4v) is 20.6. The highest BCUT2D eigenvalue weighted by Gasteiger charge is 2.24. The number of rotatable bonds is 16. The van der Waals surface area contributed by atoms with E-state index in [2.05, 4.69) is 464 Å². The summed E-state index contributed by atoms with van der Waals surface area (Å²) in [4.78, 5) is 31.1. The Morgan fingerprint density at radius 1 is 0.136 bits per heavy atom. The van der Waals surface area contributed by atoms with Crippen molar-refractivity contribution in [3.05, 3.63) is 552 Å². The zero-order chi connectivity index (χ0) is 102. The van der Waals surface area contributed by atoms with Crippen molar-refractivity contribution in [1.82, 2.24) is 43.6 Å². The Kier molecular flexibility index (Phi) is 21.4. The van der Waals surface area contributed by atoms with Crippen molar-refractivity contribution in [2.24, 2.45) is 0 Å². The highest BCUT2D eigenvalue weighted by atomic mass is 15.1. The van der Waals surface area contributed by atoms with E-state index in [1.807, 2.05) is 66.7 Å². The number of fused-ring (bicyclic) bond motifs is 12. The minimum absolute atomic E-state index is 0.0454. The molecule has 147 heavy (non-hydrogen) atoms. The second kappa shape index (κ2) is 38.4. The lowest BCUT2D eigenvalue weighted by atomic mass is 9.91. The maximum Gasteiger partial charge on any atom is 0.165 e. The third-order valence-electron chi connectivity index (χ3n) is 27.7. The van der Waals surface area contributed by atoms with Gasteiger partial charge in [-0.25, -0.2) is 29.9 Å². The average Bonchev–Trinajstić information content (AvgIpc) is 1.64. The molecule has 28 rings (SSSR count). The van der Waals surface area contributed by atoms with Gasteiger partial charge in [-0.1, -0.05) is 382 Å². The van der Waals surface area contributed by atoms with Gasteiger partial charge in [-0.05, 0) is 314 Å². The van der Waals surface area contributed by atoms with Gasteiger partial charge in [0.25, 0.3) is 0 Å². The zero-order valence-corrected chi connectivity index (χ0v) is 79.7. The summed E-state index contributed by atoms with van der Waals surface area (Å²) < 4.78 is 48.3. The average molecular weight is 1880 g/mol. The minimum atomic E-state index is -0.438. The first-order valence-electron chi connectivity index (χ1n) is 51.9. The molecule has 28 aromatic rings. The molecule has 22 aromatic carbocycles. The number of hydrogen-bond acceptors (Lipinski definition) is 6.